The zero-order valence-electron chi connectivity index (χ0n) is 14.5. The summed E-state index contributed by atoms with van der Waals surface area (Å²) in [6, 6.07) is 8.69. The summed E-state index contributed by atoms with van der Waals surface area (Å²) in [5.41, 5.74) is 1.01. The summed E-state index contributed by atoms with van der Waals surface area (Å²) in [4.78, 5) is 24.3. The van der Waals surface area contributed by atoms with Gasteiger partial charge < -0.3 is 20.1 Å². The van der Waals surface area contributed by atoms with Gasteiger partial charge in [-0.15, -0.1) is 0 Å². The van der Waals surface area contributed by atoms with Crippen LogP contribution in [-0.2, 0) is 4.79 Å². The molecular formula is C18H17ClF2N2O4. The van der Waals surface area contributed by atoms with Gasteiger partial charge in [-0.3, -0.25) is 9.59 Å². The molecule has 0 bridgehead atoms. The van der Waals surface area contributed by atoms with Crippen LogP contribution in [0.25, 0.3) is 0 Å². The molecule has 0 radical (unpaired) electrons. The number of hydrogen-bond acceptors (Lipinski definition) is 4. The lowest BCUT2D eigenvalue weighted by atomic mass is 10.2. The molecule has 27 heavy (non-hydrogen) atoms. The van der Waals surface area contributed by atoms with Gasteiger partial charge in [0.15, 0.2) is 0 Å². The van der Waals surface area contributed by atoms with Crippen LogP contribution in [0.2, 0.25) is 5.02 Å². The average molecular weight is 399 g/mol. The zero-order valence-corrected chi connectivity index (χ0v) is 15.3. The number of carbonyl (C=O) groups is 2. The molecule has 2 aromatic carbocycles. The van der Waals surface area contributed by atoms with Crippen molar-refractivity contribution in [1.82, 2.24) is 5.32 Å². The van der Waals surface area contributed by atoms with Gasteiger partial charge in [-0.2, -0.15) is 8.78 Å². The molecule has 2 rings (SSSR count). The van der Waals surface area contributed by atoms with Crippen molar-refractivity contribution in [3.63, 3.8) is 0 Å². The summed E-state index contributed by atoms with van der Waals surface area (Å²) in [6.45, 7) is -1.69. The largest absolute Gasteiger partial charge is 0.495 e. The molecule has 0 aliphatic carbocycles. The third-order valence-corrected chi connectivity index (χ3v) is 3.92. The quantitative estimate of drug-likeness (QED) is 0.746. The maximum absolute atomic E-state index is 12.4. The summed E-state index contributed by atoms with van der Waals surface area (Å²) in [6.07, 6.45) is 0. The van der Waals surface area contributed by atoms with E-state index in [0.29, 0.717) is 16.5 Å². The summed E-state index contributed by atoms with van der Waals surface area (Å²) in [7, 11) is 1.43. The number of hydrogen-bond donors (Lipinski definition) is 2. The summed E-state index contributed by atoms with van der Waals surface area (Å²) in [5, 5.41) is 5.43. The van der Waals surface area contributed by atoms with Gasteiger partial charge in [0.2, 0.25) is 5.91 Å². The predicted molar refractivity (Wildman–Crippen MR) is 96.8 cm³/mol. The first-order valence-corrected chi connectivity index (χ1v) is 8.15. The van der Waals surface area contributed by atoms with Crippen molar-refractivity contribution in [1.29, 1.82) is 0 Å². The van der Waals surface area contributed by atoms with Crippen LogP contribution < -0.4 is 20.1 Å². The highest BCUT2D eigenvalue weighted by atomic mass is 35.5. The Hall–Kier alpha value is -2.87. The fraction of sp³-hybridized carbons (Fsp3) is 0.222. The van der Waals surface area contributed by atoms with Gasteiger partial charge in [0.1, 0.15) is 11.5 Å². The Balaban J connectivity index is 2.02. The Morgan fingerprint density at radius 1 is 1.19 bits per heavy atom. The third-order valence-electron chi connectivity index (χ3n) is 3.51. The molecule has 0 spiro atoms. The standard InChI is InChI=1S/C18H17ClF2N2O4/c1-10-7-13(15(26-2)8-12(10)19)23-16(24)9-22-17(25)11-5-3-4-6-14(11)27-18(20)21/h3-8,18H,9H2,1-2H3,(H,22,25)(H,23,24). The lowest BCUT2D eigenvalue weighted by molar-refractivity contribution is -0.115. The van der Waals surface area contributed by atoms with E-state index in [4.69, 9.17) is 16.3 Å². The van der Waals surface area contributed by atoms with E-state index in [9.17, 15) is 18.4 Å². The molecule has 144 valence electrons. The molecule has 0 aliphatic heterocycles. The first-order chi connectivity index (χ1) is 12.8. The number of amides is 2. The van der Waals surface area contributed by atoms with E-state index in [1.165, 1.54) is 31.4 Å². The van der Waals surface area contributed by atoms with Crippen LogP contribution in [0.5, 0.6) is 11.5 Å². The van der Waals surface area contributed by atoms with Crippen LogP contribution in [0.4, 0.5) is 14.5 Å². The highest BCUT2D eigenvalue weighted by Crippen LogP contribution is 2.30. The molecular weight excluding hydrogens is 382 g/mol. The van der Waals surface area contributed by atoms with Crippen molar-refractivity contribution in [2.24, 2.45) is 0 Å². The van der Waals surface area contributed by atoms with Gasteiger partial charge in [-0.05, 0) is 30.7 Å². The molecule has 2 amide bonds. The fourth-order valence-corrected chi connectivity index (χ4v) is 2.39. The number of methoxy groups -OCH3 is 1. The topological polar surface area (TPSA) is 76.7 Å². The zero-order chi connectivity index (χ0) is 20.0. The number of anilines is 1. The summed E-state index contributed by atoms with van der Waals surface area (Å²) in [5.74, 6) is -1.17. The van der Waals surface area contributed by atoms with Crippen molar-refractivity contribution in [2.45, 2.75) is 13.5 Å². The molecule has 0 atom stereocenters. The highest BCUT2D eigenvalue weighted by molar-refractivity contribution is 6.31. The van der Waals surface area contributed by atoms with E-state index in [1.54, 1.807) is 19.1 Å². The van der Waals surface area contributed by atoms with Crippen molar-refractivity contribution in [2.75, 3.05) is 19.0 Å². The van der Waals surface area contributed by atoms with Gasteiger partial charge >= 0.3 is 6.61 Å². The van der Waals surface area contributed by atoms with Crippen LogP contribution in [-0.4, -0.2) is 32.1 Å². The van der Waals surface area contributed by atoms with Crippen molar-refractivity contribution >= 4 is 29.1 Å². The number of halogens is 3. The maximum Gasteiger partial charge on any atom is 0.387 e. The molecule has 0 unspecified atom stereocenters. The molecule has 9 heteroatoms. The number of para-hydroxylation sites is 1. The van der Waals surface area contributed by atoms with Crippen molar-refractivity contribution in [3.05, 3.63) is 52.5 Å². The lowest BCUT2D eigenvalue weighted by Crippen LogP contribution is -2.33. The van der Waals surface area contributed by atoms with E-state index in [1.807, 2.05) is 0 Å². The van der Waals surface area contributed by atoms with Crippen LogP contribution in [0, 0.1) is 6.92 Å². The molecule has 0 aromatic heterocycles. The normalized spacial score (nSPS) is 10.4. The minimum Gasteiger partial charge on any atom is -0.495 e. The number of alkyl halides is 2. The van der Waals surface area contributed by atoms with Gasteiger partial charge in [0, 0.05) is 11.1 Å². The number of benzene rings is 2. The van der Waals surface area contributed by atoms with Crippen LogP contribution in [0.1, 0.15) is 15.9 Å². The summed E-state index contributed by atoms with van der Waals surface area (Å²) < 4.78 is 34.3. The van der Waals surface area contributed by atoms with Crippen LogP contribution in [0.3, 0.4) is 0 Å². The number of rotatable bonds is 7. The Morgan fingerprint density at radius 2 is 1.89 bits per heavy atom. The van der Waals surface area contributed by atoms with E-state index in [-0.39, 0.29) is 17.9 Å². The minimum atomic E-state index is -3.07. The molecule has 2 N–H and O–H groups in total. The maximum atomic E-state index is 12.4. The molecule has 0 heterocycles. The number of ether oxygens (including phenoxy) is 2. The fourth-order valence-electron chi connectivity index (χ4n) is 2.23. The number of carbonyl (C=O) groups excluding carboxylic acids is 2. The van der Waals surface area contributed by atoms with Crippen LogP contribution in [0.15, 0.2) is 36.4 Å². The molecule has 0 aliphatic rings. The Morgan fingerprint density at radius 3 is 2.56 bits per heavy atom. The smallest absolute Gasteiger partial charge is 0.387 e. The van der Waals surface area contributed by atoms with E-state index in [2.05, 4.69) is 15.4 Å². The Labute approximate surface area is 159 Å². The Kier molecular flexibility index (Phi) is 6.95. The van der Waals surface area contributed by atoms with Gasteiger partial charge in [-0.1, -0.05) is 23.7 Å². The second-order valence-electron chi connectivity index (χ2n) is 5.41. The van der Waals surface area contributed by atoms with Gasteiger partial charge in [-0.25, -0.2) is 0 Å². The predicted octanol–water partition coefficient (Wildman–Crippen LogP) is 3.63. The second kappa shape index (κ2) is 9.18. The van der Waals surface area contributed by atoms with Gasteiger partial charge in [0.25, 0.3) is 5.91 Å². The number of aryl methyl sites for hydroxylation is 1. The lowest BCUT2D eigenvalue weighted by Gasteiger charge is -2.13. The van der Waals surface area contributed by atoms with Gasteiger partial charge in [0.05, 0.1) is 24.9 Å². The van der Waals surface area contributed by atoms with E-state index in [0.717, 1.165) is 5.56 Å². The molecule has 0 fully saturated rings. The van der Waals surface area contributed by atoms with Crippen molar-refractivity contribution in [3.8, 4) is 11.5 Å². The second-order valence-corrected chi connectivity index (χ2v) is 5.81. The monoisotopic (exact) mass is 398 g/mol. The minimum absolute atomic E-state index is 0.106. The Bertz CT molecular complexity index is 846. The molecule has 0 saturated carbocycles. The highest BCUT2D eigenvalue weighted by Gasteiger charge is 2.16. The SMILES string of the molecule is COc1cc(Cl)c(C)cc1NC(=O)CNC(=O)c1ccccc1OC(F)F. The average Bonchev–Trinajstić information content (AvgIpc) is 2.62. The molecule has 0 saturated heterocycles. The molecule has 6 nitrogen and oxygen atoms in total. The van der Waals surface area contributed by atoms with E-state index >= 15 is 0 Å². The van der Waals surface area contributed by atoms with Crippen LogP contribution >= 0.6 is 11.6 Å². The summed E-state index contributed by atoms with van der Waals surface area (Å²) >= 11 is 6.01. The van der Waals surface area contributed by atoms with E-state index < -0.39 is 18.4 Å². The molecule has 2 aromatic rings. The first kappa shape index (κ1) is 20.4. The third kappa shape index (κ3) is 5.55. The first-order valence-electron chi connectivity index (χ1n) is 7.78. The number of nitrogens with one attached hydrogen (secondary N) is 2. The van der Waals surface area contributed by atoms with Crippen molar-refractivity contribution < 1.29 is 27.8 Å².